The first-order valence-corrected chi connectivity index (χ1v) is 9.54. The molecule has 1 saturated heterocycles. The highest BCUT2D eigenvalue weighted by atomic mass is 16.2. The Morgan fingerprint density at radius 1 is 1.25 bits per heavy atom. The van der Waals surface area contributed by atoms with Crippen molar-refractivity contribution in [2.45, 2.75) is 45.4 Å². The average Bonchev–Trinajstić information content (AvgIpc) is 3.34. The number of hydrogen-bond donors (Lipinski definition) is 4. The Bertz CT molecular complexity index is 820. The van der Waals surface area contributed by atoms with Gasteiger partial charge in [0.25, 0.3) is 0 Å². The van der Waals surface area contributed by atoms with E-state index in [4.69, 9.17) is 0 Å². The molecule has 2 unspecified atom stereocenters. The Hall–Kier alpha value is -2.94. The van der Waals surface area contributed by atoms with Gasteiger partial charge in [-0.3, -0.25) is 4.79 Å². The van der Waals surface area contributed by atoms with Crippen molar-refractivity contribution >= 4 is 11.9 Å². The molecular formula is C19H27N7O2. The first kappa shape index (κ1) is 19.8. The first-order chi connectivity index (χ1) is 13.5. The second-order valence-corrected chi connectivity index (χ2v) is 6.96. The lowest BCUT2D eigenvalue weighted by Gasteiger charge is -2.10. The van der Waals surface area contributed by atoms with Crippen LogP contribution in [0.15, 0.2) is 30.5 Å². The topological polar surface area (TPSA) is 113 Å². The van der Waals surface area contributed by atoms with E-state index in [1.54, 1.807) is 4.68 Å². The zero-order valence-corrected chi connectivity index (χ0v) is 16.2. The molecule has 28 heavy (non-hydrogen) atoms. The van der Waals surface area contributed by atoms with E-state index in [1.165, 1.54) is 0 Å². The summed E-state index contributed by atoms with van der Waals surface area (Å²) < 4.78 is 1.76. The van der Waals surface area contributed by atoms with Crippen LogP contribution in [0, 0.1) is 6.92 Å². The Morgan fingerprint density at radius 2 is 2.07 bits per heavy atom. The van der Waals surface area contributed by atoms with Crippen LogP contribution in [0.4, 0.5) is 4.79 Å². The number of nitrogens with one attached hydrogen (secondary N) is 4. The third kappa shape index (κ3) is 5.29. The van der Waals surface area contributed by atoms with Gasteiger partial charge < -0.3 is 21.3 Å². The predicted octanol–water partition coefficient (Wildman–Crippen LogP) is 0.625. The molecule has 2 aromatic rings. The number of carbonyl (C=O) groups is 2. The summed E-state index contributed by atoms with van der Waals surface area (Å²) in [6, 6.07) is 7.61. The Balaban J connectivity index is 1.43. The van der Waals surface area contributed by atoms with E-state index in [0.29, 0.717) is 38.3 Å². The number of benzene rings is 1. The van der Waals surface area contributed by atoms with Gasteiger partial charge in [0.2, 0.25) is 5.91 Å². The maximum absolute atomic E-state index is 12.0. The number of aryl methyl sites for hydroxylation is 1. The lowest BCUT2D eigenvalue weighted by molar-refractivity contribution is -0.122. The number of rotatable bonds is 7. The molecular weight excluding hydrogens is 358 g/mol. The van der Waals surface area contributed by atoms with Gasteiger partial charge >= 0.3 is 6.03 Å². The second-order valence-electron chi connectivity index (χ2n) is 6.96. The molecule has 2 heterocycles. The lowest BCUT2D eigenvalue weighted by atomic mass is 10.1. The highest BCUT2D eigenvalue weighted by Gasteiger charge is 2.30. The third-order valence-electron chi connectivity index (χ3n) is 4.67. The van der Waals surface area contributed by atoms with Crippen LogP contribution in [0.1, 0.15) is 36.2 Å². The van der Waals surface area contributed by atoms with Crippen LogP contribution in [0.3, 0.4) is 0 Å². The third-order valence-corrected chi connectivity index (χ3v) is 4.67. The minimum Gasteiger partial charge on any atom is -0.355 e. The molecule has 1 aromatic carbocycles. The van der Waals surface area contributed by atoms with Gasteiger partial charge in [0, 0.05) is 19.6 Å². The van der Waals surface area contributed by atoms with Crippen LogP contribution in [-0.4, -0.2) is 46.1 Å². The van der Waals surface area contributed by atoms with Gasteiger partial charge in [0.1, 0.15) is 5.69 Å². The number of amides is 3. The van der Waals surface area contributed by atoms with E-state index < -0.39 is 0 Å². The molecule has 0 spiro atoms. The van der Waals surface area contributed by atoms with Crippen LogP contribution in [0.5, 0.6) is 0 Å². The number of hydrogen-bond acceptors (Lipinski definition) is 5. The van der Waals surface area contributed by atoms with E-state index in [0.717, 1.165) is 11.1 Å². The summed E-state index contributed by atoms with van der Waals surface area (Å²) in [5.74, 6) is 0.0114. The molecule has 1 aromatic heterocycles. The quantitative estimate of drug-likeness (QED) is 0.558. The maximum atomic E-state index is 12.0. The van der Waals surface area contributed by atoms with E-state index in [1.807, 2.05) is 44.3 Å². The van der Waals surface area contributed by atoms with Crippen molar-refractivity contribution in [3.8, 4) is 0 Å². The van der Waals surface area contributed by atoms with Crippen molar-refractivity contribution in [3.05, 3.63) is 47.3 Å². The van der Waals surface area contributed by atoms with Crippen molar-refractivity contribution in [2.24, 2.45) is 0 Å². The van der Waals surface area contributed by atoms with Crippen LogP contribution < -0.4 is 21.3 Å². The van der Waals surface area contributed by atoms with Crippen LogP contribution in [0.2, 0.25) is 0 Å². The molecule has 1 aliphatic rings. The fourth-order valence-electron chi connectivity index (χ4n) is 3.23. The molecule has 0 saturated carbocycles. The molecule has 0 aliphatic carbocycles. The molecule has 0 bridgehead atoms. The van der Waals surface area contributed by atoms with Gasteiger partial charge in [-0.25, -0.2) is 9.48 Å². The van der Waals surface area contributed by atoms with Crippen molar-refractivity contribution < 1.29 is 9.59 Å². The predicted molar refractivity (Wildman–Crippen MR) is 104 cm³/mol. The molecule has 3 amide bonds. The zero-order valence-electron chi connectivity index (χ0n) is 16.2. The molecule has 0 radical (unpaired) electrons. The van der Waals surface area contributed by atoms with Crippen molar-refractivity contribution in [2.75, 3.05) is 13.1 Å². The molecule has 1 aliphatic heterocycles. The smallest absolute Gasteiger partial charge is 0.315 e. The van der Waals surface area contributed by atoms with Crippen LogP contribution in [0.25, 0.3) is 0 Å². The SMILES string of the molecule is CCNC(=O)C1CC(n2cc(CNC(=O)NCc3cccc(C)c3)nn2)CN1. The summed E-state index contributed by atoms with van der Waals surface area (Å²) in [6.07, 6.45) is 2.48. The summed E-state index contributed by atoms with van der Waals surface area (Å²) in [6.45, 7) is 5.96. The fourth-order valence-corrected chi connectivity index (χ4v) is 3.23. The zero-order chi connectivity index (χ0) is 19.9. The first-order valence-electron chi connectivity index (χ1n) is 9.54. The van der Waals surface area contributed by atoms with Gasteiger partial charge in [-0.15, -0.1) is 5.10 Å². The number of likely N-dealkylation sites (N-methyl/N-ethyl adjacent to an activating group) is 1. The summed E-state index contributed by atoms with van der Waals surface area (Å²) in [4.78, 5) is 23.9. The minimum atomic E-state index is -0.255. The summed E-state index contributed by atoms with van der Waals surface area (Å²) >= 11 is 0. The monoisotopic (exact) mass is 385 g/mol. The minimum absolute atomic E-state index is 0.0114. The molecule has 1 fully saturated rings. The van der Waals surface area contributed by atoms with Crippen molar-refractivity contribution in [3.63, 3.8) is 0 Å². The molecule has 4 N–H and O–H groups in total. The number of urea groups is 1. The van der Waals surface area contributed by atoms with Gasteiger partial charge in [0.05, 0.1) is 24.8 Å². The molecule has 9 heteroatoms. The average molecular weight is 385 g/mol. The van der Waals surface area contributed by atoms with E-state index in [2.05, 4.69) is 31.6 Å². The summed E-state index contributed by atoms with van der Waals surface area (Å²) in [5.41, 5.74) is 2.88. The van der Waals surface area contributed by atoms with Gasteiger partial charge in [0.15, 0.2) is 0 Å². The number of nitrogens with zero attached hydrogens (tertiary/aromatic N) is 3. The molecule has 2 atom stereocenters. The number of aromatic nitrogens is 3. The lowest BCUT2D eigenvalue weighted by Crippen LogP contribution is -2.40. The van der Waals surface area contributed by atoms with E-state index in [-0.39, 0.29) is 24.0 Å². The molecule has 150 valence electrons. The maximum Gasteiger partial charge on any atom is 0.315 e. The highest BCUT2D eigenvalue weighted by molar-refractivity contribution is 5.82. The second kappa shape index (κ2) is 9.32. The summed E-state index contributed by atoms with van der Waals surface area (Å²) in [7, 11) is 0. The van der Waals surface area contributed by atoms with Gasteiger partial charge in [-0.05, 0) is 25.8 Å². The standard InChI is InChI=1S/C19H27N7O2/c1-3-20-18(27)17-8-16(11-21-17)26-12-15(24-25-26)10-23-19(28)22-9-14-6-4-5-13(2)7-14/h4-7,12,16-17,21H,3,8-11H2,1-2H3,(H,20,27)(H2,22,23,28). The largest absolute Gasteiger partial charge is 0.355 e. The van der Waals surface area contributed by atoms with Gasteiger partial charge in [-0.2, -0.15) is 0 Å². The Morgan fingerprint density at radius 3 is 2.86 bits per heavy atom. The highest BCUT2D eigenvalue weighted by Crippen LogP contribution is 2.19. The van der Waals surface area contributed by atoms with Crippen molar-refractivity contribution in [1.29, 1.82) is 0 Å². The van der Waals surface area contributed by atoms with Crippen molar-refractivity contribution in [1.82, 2.24) is 36.3 Å². The van der Waals surface area contributed by atoms with Crippen LogP contribution >= 0.6 is 0 Å². The Labute approximate surface area is 164 Å². The normalized spacial score (nSPS) is 18.6. The Kier molecular flexibility index (Phi) is 6.59. The fraction of sp³-hybridized carbons (Fsp3) is 0.474. The summed E-state index contributed by atoms with van der Waals surface area (Å²) in [5, 5.41) is 19.9. The molecule has 3 rings (SSSR count). The van der Waals surface area contributed by atoms with Crippen LogP contribution in [-0.2, 0) is 17.9 Å². The molecule has 9 nitrogen and oxygen atoms in total. The van der Waals surface area contributed by atoms with Gasteiger partial charge in [-0.1, -0.05) is 35.0 Å². The number of carbonyl (C=O) groups excluding carboxylic acids is 2. The van der Waals surface area contributed by atoms with E-state index in [9.17, 15) is 9.59 Å². The van der Waals surface area contributed by atoms with E-state index >= 15 is 0 Å².